The first kappa shape index (κ1) is 65.0. The van der Waals surface area contributed by atoms with E-state index in [1.54, 1.807) is 6.08 Å². The maximum absolute atomic E-state index is 13.0. The molecule has 0 fully saturated rings. The minimum Gasteiger partial charge on any atom is -0.387 e. The van der Waals surface area contributed by atoms with E-state index >= 15 is 0 Å². The van der Waals surface area contributed by atoms with Crippen LogP contribution in [-0.2, 0) is 18.4 Å². The summed E-state index contributed by atoms with van der Waals surface area (Å²) >= 11 is 0. The van der Waals surface area contributed by atoms with Gasteiger partial charge in [-0.05, 0) is 44.9 Å². The number of unbranched alkanes of at least 4 members (excludes halogenated alkanes) is 38. The highest BCUT2D eigenvalue weighted by Gasteiger charge is 2.27. The van der Waals surface area contributed by atoms with Crippen LogP contribution in [0.4, 0.5) is 0 Å². The van der Waals surface area contributed by atoms with E-state index < -0.39 is 20.0 Å². The Labute approximate surface area is 411 Å². The summed E-state index contributed by atoms with van der Waals surface area (Å²) in [7, 11) is 1.58. The topological polar surface area (TPSA) is 105 Å². The van der Waals surface area contributed by atoms with Gasteiger partial charge in [-0.25, -0.2) is 4.57 Å². The van der Waals surface area contributed by atoms with Gasteiger partial charge in [0.25, 0.3) is 0 Å². The Morgan fingerprint density at radius 3 is 1.17 bits per heavy atom. The molecule has 0 spiro atoms. The molecule has 1 amide bonds. The van der Waals surface area contributed by atoms with Crippen molar-refractivity contribution >= 4 is 13.7 Å². The maximum atomic E-state index is 13.0. The van der Waals surface area contributed by atoms with E-state index in [-0.39, 0.29) is 19.1 Å². The van der Waals surface area contributed by atoms with Crippen molar-refractivity contribution in [2.75, 3.05) is 40.9 Å². The normalized spacial score (nSPS) is 14.1. The summed E-state index contributed by atoms with van der Waals surface area (Å²) in [5.74, 6) is -0.174. The molecule has 3 N–H and O–H groups in total. The molecule has 392 valence electrons. The molecule has 0 heterocycles. The largest absolute Gasteiger partial charge is 0.472 e. The molecule has 0 saturated heterocycles. The highest BCUT2D eigenvalue weighted by molar-refractivity contribution is 7.47. The molecule has 0 rings (SSSR count). The van der Waals surface area contributed by atoms with Gasteiger partial charge in [-0.15, -0.1) is 0 Å². The number of likely N-dealkylation sites (N-methyl/N-ethyl adjacent to an activating group) is 1. The van der Waals surface area contributed by atoms with Crippen molar-refractivity contribution < 1.29 is 32.9 Å². The first-order chi connectivity index (χ1) is 32.0. The number of phosphoric acid groups is 1. The van der Waals surface area contributed by atoms with Gasteiger partial charge in [0.15, 0.2) is 0 Å². The van der Waals surface area contributed by atoms with Gasteiger partial charge in [0.05, 0.1) is 39.9 Å². The van der Waals surface area contributed by atoms with Crippen molar-refractivity contribution in [2.24, 2.45) is 0 Å². The number of allylic oxidation sites excluding steroid dienone is 3. The van der Waals surface area contributed by atoms with E-state index in [1.807, 2.05) is 27.2 Å². The molecule has 0 aliphatic heterocycles. The third-order valence-electron chi connectivity index (χ3n) is 13.2. The smallest absolute Gasteiger partial charge is 0.387 e. The van der Waals surface area contributed by atoms with Crippen LogP contribution in [0.15, 0.2) is 24.3 Å². The van der Waals surface area contributed by atoms with Crippen molar-refractivity contribution in [1.82, 2.24) is 5.32 Å². The average Bonchev–Trinajstić information content (AvgIpc) is 3.28. The molecule has 8 nitrogen and oxygen atoms in total. The lowest BCUT2D eigenvalue weighted by Gasteiger charge is -2.25. The van der Waals surface area contributed by atoms with Gasteiger partial charge in [0, 0.05) is 6.42 Å². The minimum absolute atomic E-state index is 0.0633. The van der Waals surface area contributed by atoms with Gasteiger partial charge < -0.3 is 19.8 Å². The van der Waals surface area contributed by atoms with E-state index in [1.165, 1.54) is 225 Å². The van der Waals surface area contributed by atoms with Gasteiger partial charge in [0.1, 0.15) is 13.2 Å². The molecule has 0 aliphatic carbocycles. The van der Waals surface area contributed by atoms with E-state index in [0.717, 1.165) is 38.5 Å². The lowest BCUT2D eigenvalue weighted by atomic mass is 10.0. The summed E-state index contributed by atoms with van der Waals surface area (Å²) in [5.41, 5.74) is 0. The number of rotatable bonds is 53. The Morgan fingerprint density at radius 1 is 0.500 bits per heavy atom. The van der Waals surface area contributed by atoms with Crippen molar-refractivity contribution in [3.8, 4) is 0 Å². The van der Waals surface area contributed by atoms with Crippen LogP contribution in [0.1, 0.15) is 284 Å². The quantitative estimate of drug-likeness (QED) is 0.0243. The predicted octanol–water partition coefficient (Wildman–Crippen LogP) is 17.2. The SMILES string of the molecule is CCCCCCCCCCCCCC/C=C\CCCCCCCCCCCCCCC(=O)NC(COP(=O)(O)OCC[N+](C)(C)C)C(O)/C=C/CCCCCCCCCCCCCCCC. The van der Waals surface area contributed by atoms with Crippen LogP contribution in [0.5, 0.6) is 0 Å². The number of aliphatic hydroxyl groups excluding tert-OH is 1. The monoisotopic (exact) mass is 954 g/mol. The Morgan fingerprint density at radius 2 is 0.818 bits per heavy atom. The third kappa shape index (κ3) is 50.8. The number of carbonyl (C=O) groups excluding carboxylic acids is 1. The molecule has 9 heteroatoms. The number of phosphoric ester groups is 1. The number of hydrogen-bond donors (Lipinski definition) is 3. The number of amides is 1. The van der Waals surface area contributed by atoms with Gasteiger partial charge in [0.2, 0.25) is 5.91 Å². The van der Waals surface area contributed by atoms with Crippen LogP contribution in [0.3, 0.4) is 0 Å². The number of carbonyl (C=O) groups is 1. The summed E-state index contributed by atoms with van der Waals surface area (Å²) in [5, 5.41) is 13.9. The standard InChI is InChI=1S/C57H113N2O6P/c1-6-8-10-12-14-16-18-20-22-24-25-26-27-28-29-30-31-32-33-34-35-37-39-41-43-45-47-49-51-57(61)58-55(54-65-66(62,63)64-53-52-59(3,4)5)56(60)50-48-46-44-42-40-38-36-23-21-19-17-15-13-11-9-7-2/h28-29,48,50,55-56,60H,6-27,30-47,49,51-54H2,1-5H3,(H-,58,61,62,63)/p+1/b29-28-,50-48+. The lowest BCUT2D eigenvalue weighted by Crippen LogP contribution is -2.45. The zero-order chi connectivity index (χ0) is 48.5. The Kier molecular flexibility index (Phi) is 48.2. The fourth-order valence-corrected chi connectivity index (χ4v) is 9.36. The molecular formula is C57H114N2O6P+. The second-order valence-electron chi connectivity index (χ2n) is 21.0. The highest BCUT2D eigenvalue weighted by atomic mass is 31.2. The van der Waals surface area contributed by atoms with E-state index in [2.05, 4.69) is 31.3 Å². The molecule has 0 aromatic carbocycles. The van der Waals surface area contributed by atoms with E-state index in [9.17, 15) is 19.4 Å². The van der Waals surface area contributed by atoms with E-state index in [4.69, 9.17) is 9.05 Å². The van der Waals surface area contributed by atoms with Crippen molar-refractivity contribution in [2.45, 2.75) is 296 Å². The first-order valence-electron chi connectivity index (χ1n) is 28.7. The van der Waals surface area contributed by atoms with Gasteiger partial charge >= 0.3 is 7.82 Å². The van der Waals surface area contributed by atoms with Crippen LogP contribution in [-0.4, -0.2) is 73.4 Å². The van der Waals surface area contributed by atoms with Gasteiger partial charge in [-0.1, -0.05) is 256 Å². The van der Waals surface area contributed by atoms with E-state index in [0.29, 0.717) is 17.4 Å². The Hall–Kier alpha value is -1.02. The van der Waals surface area contributed by atoms with Gasteiger partial charge in [-0.3, -0.25) is 13.8 Å². The second kappa shape index (κ2) is 49.0. The molecule has 3 unspecified atom stereocenters. The Balaban J connectivity index is 4.13. The van der Waals surface area contributed by atoms with Crippen LogP contribution < -0.4 is 5.32 Å². The summed E-state index contributed by atoms with van der Waals surface area (Å²) in [6.07, 6.45) is 61.3. The summed E-state index contributed by atoms with van der Waals surface area (Å²) < 4.78 is 23.7. The van der Waals surface area contributed by atoms with Crippen LogP contribution in [0.2, 0.25) is 0 Å². The molecular weight excluding hydrogens is 840 g/mol. The van der Waals surface area contributed by atoms with Crippen LogP contribution >= 0.6 is 7.82 Å². The first-order valence-corrected chi connectivity index (χ1v) is 30.2. The fourth-order valence-electron chi connectivity index (χ4n) is 8.63. The van der Waals surface area contributed by atoms with Crippen molar-refractivity contribution in [3.05, 3.63) is 24.3 Å². The fraction of sp³-hybridized carbons (Fsp3) is 0.912. The predicted molar refractivity (Wildman–Crippen MR) is 286 cm³/mol. The minimum atomic E-state index is -4.34. The molecule has 3 atom stereocenters. The molecule has 66 heavy (non-hydrogen) atoms. The summed E-state index contributed by atoms with van der Waals surface area (Å²) in [6, 6.07) is -0.844. The number of hydrogen-bond acceptors (Lipinski definition) is 5. The second-order valence-corrected chi connectivity index (χ2v) is 22.5. The molecule has 0 radical (unpaired) electrons. The number of nitrogens with zero attached hydrogens (tertiary/aromatic N) is 1. The summed E-state index contributed by atoms with van der Waals surface area (Å²) in [6.45, 7) is 4.85. The molecule has 0 aliphatic rings. The zero-order valence-corrected chi connectivity index (χ0v) is 45.6. The number of quaternary nitrogens is 1. The third-order valence-corrected chi connectivity index (χ3v) is 14.1. The van der Waals surface area contributed by atoms with Crippen LogP contribution in [0.25, 0.3) is 0 Å². The molecule has 0 aromatic heterocycles. The van der Waals surface area contributed by atoms with Crippen molar-refractivity contribution in [3.63, 3.8) is 0 Å². The molecule has 0 saturated carbocycles. The Bertz CT molecular complexity index is 1130. The maximum Gasteiger partial charge on any atom is 0.472 e. The molecule has 0 aromatic rings. The lowest BCUT2D eigenvalue weighted by molar-refractivity contribution is -0.870. The number of nitrogens with one attached hydrogen (secondary N) is 1. The highest BCUT2D eigenvalue weighted by Crippen LogP contribution is 2.43. The average molecular weight is 955 g/mol. The number of aliphatic hydroxyl groups is 1. The van der Waals surface area contributed by atoms with Crippen molar-refractivity contribution in [1.29, 1.82) is 0 Å². The summed E-state index contributed by atoms with van der Waals surface area (Å²) in [4.78, 5) is 23.3. The van der Waals surface area contributed by atoms with Gasteiger partial charge in [-0.2, -0.15) is 0 Å². The van der Waals surface area contributed by atoms with Crippen LogP contribution in [0, 0.1) is 0 Å². The molecule has 0 bridgehead atoms. The zero-order valence-electron chi connectivity index (χ0n) is 44.7.